The second-order valence-corrected chi connectivity index (χ2v) is 9.23. The van der Waals surface area contributed by atoms with Crippen LogP contribution < -0.4 is 0 Å². The molecule has 0 aliphatic carbocycles. The summed E-state index contributed by atoms with van der Waals surface area (Å²) in [5, 5.41) is 0. The van der Waals surface area contributed by atoms with Crippen LogP contribution in [0.25, 0.3) is 0 Å². The van der Waals surface area contributed by atoms with E-state index in [0.29, 0.717) is 0 Å². The van der Waals surface area contributed by atoms with Crippen LogP contribution in [-0.4, -0.2) is 11.9 Å². The Hall–Kier alpha value is -1.11. The molecule has 0 heterocycles. The van der Waals surface area contributed by atoms with E-state index in [2.05, 4.69) is 0 Å². The van der Waals surface area contributed by atoms with Gasteiger partial charge in [-0.15, -0.1) is 0 Å². The van der Waals surface area contributed by atoms with Crippen molar-refractivity contribution in [1.82, 2.24) is 0 Å². The Balaban J connectivity index is 3.20. The minimum absolute atomic E-state index is 0.247. The summed E-state index contributed by atoms with van der Waals surface area (Å²) in [6.45, 7) is 13.0. The van der Waals surface area contributed by atoms with Crippen molar-refractivity contribution < 1.29 is 15.7 Å². The van der Waals surface area contributed by atoms with Crippen LogP contribution in [0.15, 0.2) is 12.1 Å². The van der Waals surface area contributed by atoms with Gasteiger partial charge in [0.2, 0.25) is 0 Å². The number of carbonyl (C=O) groups is 2. The molecule has 0 radical (unpaired) electrons. The Bertz CT molecular complexity index is 519. The van der Waals surface area contributed by atoms with E-state index >= 15 is 0 Å². The van der Waals surface area contributed by atoms with Gasteiger partial charge in [0, 0.05) is 0 Å². The van der Waals surface area contributed by atoms with E-state index in [0.717, 1.165) is 20.3 Å². The van der Waals surface area contributed by atoms with Gasteiger partial charge in [0.1, 0.15) is 0 Å². The Morgan fingerprint density at radius 2 is 1.23 bits per heavy atom. The zero-order valence-corrected chi connectivity index (χ0v) is 16.5. The first-order chi connectivity index (χ1) is 10.1. The van der Waals surface area contributed by atoms with Gasteiger partial charge in [-0.3, -0.25) is 0 Å². The van der Waals surface area contributed by atoms with Crippen molar-refractivity contribution in [2.45, 2.75) is 48.5 Å². The van der Waals surface area contributed by atoms with E-state index < -0.39 is 20.6 Å². The fraction of sp³-hybridized carbons (Fsp3) is 0.529. The van der Waals surface area contributed by atoms with Gasteiger partial charge < -0.3 is 0 Å². The van der Waals surface area contributed by atoms with E-state index in [1.807, 2.05) is 32.9 Å². The first-order valence-corrected chi connectivity index (χ1v) is 10.2. The molecule has 1 aromatic rings. The maximum absolute atomic E-state index is 12.0. The number of aryl methyl sites for hydroxylation is 3. The minimum atomic E-state index is -2.83. The van der Waals surface area contributed by atoms with Crippen molar-refractivity contribution in [3.05, 3.63) is 32.4 Å². The SMILES string of the molecule is Cc1cc(C)c(I(OC(=O)C(C)C)OC(=O)C(C)C)c(C)c1. The summed E-state index contributed by atoms with van der Waals surface area (Å²) < 4.78 is 12.1. The van der Waals surface area contributed by atoms with E-state index in [-0.39, 0.29) is 23.8 Å². The second kappa shape index (κ2) is 7.94. The van der Waals surface area contributed by atoms with E-state index in [1.165, 1.54) is 0 Å². The molecule has 5 heteroatoms. The average molecular weight is 420 g/mol. The van der Waals surface area contributed by atoms with Crippen molar-refractivity contribution in [2.24, 2.45) is 11.8 Å². The molecule has 0 aliphatic rings. The van der Waals surface area contributed by atoms with Crippen molar-refractivity contribution >= 4 is 32.6 Å². The molecule has 0 aromatic heterocycles. The van der Waals surface area contributed by atoms with Crippen molar-refractivity contribution in [2.75, 3.05) is 0 Å². The van der Waals surface area contributed by atoms with Gasteiger partial charge in [0.15, 0.2) is 0 Å². The molecular formula is C17H25IO4. The van der Waals surface area contributed by atoms with Gasteiger partial charge in [-0.1, -0.05) is 0 Å². The van der Waals surface area contributed by atoms with Crippen LogP contribution >= 0.6 is 20.6 Å². The summed E-state index contributed by atoms with van der Waals surface area (Å²) in [7, 11) is 0. The summed E-state index contributed by atoms with van der Waals surface area (Å²) >= 11 is -2.83. The summed E-state index contributed by atoms with van der Waals surface area (Å²) in [4.78, 5) is 24.0. The third-order valence-corrected chi connectivity index (χ3v) is 7.22. The molecule has 0 amide bonds. The first-order valence-electron chi connectivity index (χ1n) is 7.36. The van der Waals surface area contributed by atoms with Crippen LogP contribution in [0.5, 0.6) is 0 Å². The molecule has 0 atom stereocenters. The van der Waals surface area contributed by atoms with Crippen molar-refractivity contribution in [1.29, 1.82) is 0 Å². The molecule has 0 spiro atoms. The van der Waals surface area contributed by atoms with Gasteiger partial charge in [-0.25, -0.2) is 0 Å². The van der Waals surface area contributed by atoms with Crippen LogP contribution in [-0.2, 0) is 15.7 Å². The molecule has 4 nitrogen and oxygen atoms in total. The molecule has 1 aromatic carbocycles. The second-order valence-electron chi connectivity index (χ2n) is 6.03. The van der Waals surface area contributed by atoms with Crippen molar-refractivity contribution in [3.8, 4) is 0 Å². The van der Waals surface area contributed by atoms with E-state index in [9.17, 15) is 9.59 Å². The van der Waals surface area contributed by atoms with Crippen LogP contribution in [0.2, 0.25) is 0 Å². The standard InChI is InChI=1S/C17H25IO4/c1-10(2)16(19)21-18(22-17(20)11(3)4)15-13(6)8-12(5)9-14(15)7/h8-11H,1-7H3. The van der Waals surface area contributed by atoms with Crippen LogP contribution in [0, 0.1) is 36.2 Å². The van der Waals surface area contributed by atoms with Crippen molar-refractivity contribution in [3.63, 3.8) is 0 Å². The van der Waals surface area contributed by atoms with Crippen LogP contribution in [0.3, 0.4) is 0 Å². The number of hydrogen-bond acceptors (Lipinski definition) is 4. The normalized spacial score (nSPS) is 11.6. The Morgan fingerprint density at radius 1 is 0.864 bits per heavy atom. The number of carbonyl (C=O) groups excluding carboxylic acids is 2. The molecule has 1 rings (SSSR count). The summed E-state index contributed by atoms with van der Waals surface area (Å²) in [5.74, 6) is -1.13. The zero-order valence-electron chi connectivity index (χ0n) is 14.3. The molecule has 22 heavy (non-hydrogen) atoms. The number of benzene rings is 1. The molecule has 124 valence electrons. The fourth-order valence-electron chi connectivity index (χ4n) is 1.81. The monoisotopic (exact) mass is 420 g/mol. The Morgan fingerprint density at radius 3 is 1.55 bits per heavy atom. The molecule has 0 bridgehead atoms. The van der Waals surface area contributed by atoms with Gasteiger partial charge in [-0.2, -0.15) is 0 Å². The maximum atomic E-state index is 12.0. The Kier molecular flexibility index (Phi) is 6.84. The number of halogens is 1. The summed E-state index contributed by atoms with van der Waals surface area (Å²) in [6.07, 6.45) is 0. The molecule has 0 saturated heterocycles. The molecule has 0 N–H and O–H groups in total. The summed E-state index contributed by atoms with van der Waals surface area (Å²) in [6, 6.07) is 4.05. The molecule has 0 aliphatic heterocycles. The quantitative estimate of drug-likeness (QED) is 0.658. The van der Waals surface area contributed by atoms with E-state index in [1.54, 1.807) is 27.7 Å². The van der Waals surface area contributed by atoms with Gasteiger partial charge in [0.05, 0.1) is 0 Å². The molecule has 0 saturated carbocycles. The van der Waals surface area contributed by atoms with Crippen LogP contribution in [0.1, 0.15) is 44.4 Å². The van der Waals surface area contributed by atoms with Gasteiger partial charge in [-0.05, 0) is 0 Å². The molecule has 0 fully saturated rings. The topological polar surface area (TPSA) is 52.6 Å². The average Bonchev–Trinajstić information content (AvgIpc) is 2.36. The number of rotatable bonds is 5. The fourth-order valence-corrected chi connectivity index (χ4v) is 5.85. The predicted octanol–water partition coefficient (Wildman–Crippen LogP) is 4.52. The predicted molar refractivity (Wildman–Crippen MR) is 95.2 cm³/mol. The summed E-state index contributed by atoms with van der Waals surface area (Å²) in [5.41, 5.74) is 3.16. The molecule has 0 unspecified atom stereocenters. The van der Waals surface area contributed by atoms with Gasteiger partial charge in [0.25, 0.3) is 0 Å². The molecular weight excluding hydrogens is 395 g/mol. The van der Waals surface area contributed by atoms with Crippen LogP contribution in [0.4, 0.5) is 0 Å². The Labute approximate surface area is 141 Å². The first kappa shape index (κ1) is 18.9. The third kappa shape index (κ3) is 4.97. The zero-order chi connectivity index (χ0) is 17.0. The number of hydrogen-bond donors (Lipinski definition) is 0. The third-order valence-electron chi connectivity index (χ3n) is 2.97. The van der Waals surface area contributed by atoms with E-state index in [4.69, 9.17) is 6.13 Å². The van der Waals surface area contributed by atoms with Gasteiger partial charge >= 0.3 is 141 Å².